The SMILES string of the molecule is COc1ccc(C(c2ccccc2)C2CN(C(=O)c3ccc4c(c3)NC(=O)CO4)C2)cc1OC. The highest BCUT2D eigenvalue weighted by atomic mass is 16.5. The Kier molecular flexibility index (Phi) is 5.84. The minimum Gasteiger partial charge on any atom is -0.493 e. The number of hydrogen-bond donors (Lipinski definition) is 1. The summed E-state index contributed by atoms with van der Waals surface area (Å²) in [6, 6.07) is 21.5. The maximum Gasteiger partial charge on any atom is 0.262 e. The van der Waals surface area contributed by atoms with Gasteiger partial charge in [0.1, 0.15) is 5.75 Å². The molecule has 1 saturated heterocycles. The Bertz CT molecular complexity index is 1220. The fraction of sp³-hybridized carbons (Fsp3) is 0.259. The third-order valence-electron chi connectivity index (χ3n) is 6.45. The van der Waals surface area contributed by atoms with Crippen LogP contribution in [0.5, 0.6) is 17.2 Å². The number of fused-ring (bicyclic) bond motifs is 1. The van der Waals surface area contributed by atoms with Gasteiger partial charge in [0.05, 0.1) is 19.9 Å². The fourth-order valence-corrected chi connectivity index (χ4v) is 4.73. The molecule has 7 nitrogen and oxygen atoms in total. The van der Waals surface area contributed by atoms with Crippen molar-refractivity contribution in [3.8, 4) is 17.2 Å². The summed E-state index contributed by atoms with van der Waals surface area (Å²) < 4.78 is 16.3. The Balaban J connectivity index is 1.37. The van der Waals surface area contributed by atoms with Crippen molar-refractivity contribution >= 4 is 17.5 Å². The van der Waals surface area contributed by atoms with Gasteiger partial charge in [0.25, 0.3) is 11.8 Å². The van der Waals surface area contributed by atoms with E-state index >= 15 is 0 Å². The maximum absolute atomic E-state index is 13.2. The smallest absolute Gasteiger partial charge is 0.262 e. The summed E-state index contributed by atoms with van der Waals surface area (Å²) in [6.07, 6.45) is 0. The van der Waals surface area contributed by atoms with Crippen molar-refractivity contribution in [1.82, 2.24) is 4.90 Å². The summed E-state index contributed by atoms with van der Waals surface area (Å²) in [5.41, 5.74) is 3.38. The van der Waals surface area contributed by atoms with Crippen molar-refractivity contribution in [2.45, 2.75) is 5.92 Å². The quantitative estimate of drug-likeness (QED) is 0.606. The molecular formula is C27H26N2O5. The van der Waals surface area contributed by atoms with Gasteiger partial charge in [-0.1, -0.05) is 36.4 Å². The molecule has 2 aliphatic rings. The molecule has 174 valence electrons. The van der Waals surface area contributed by atoms with Crippen molar-refractivity contribution in [2.24, 2.45) is 5.92 Å². The zero-order chi connectivity index (χ0) is 23.7. The molecule has 1 unspecified atom stereocenters. The van der Waals surface area contributed by atoms with E-state index in [4.69, 9.17) is 14.2 Å². The molecule has 0 aliphatic carbocycles. The van der Waals surface area contributed by atoms with Crippen LogP contribution >= 0.6 is 0 Å². The van der Waals surface area contributed by atoms with Crippen LogP contribution in [0.15, 0.2) is 66.7 Å². The average molecular weight is 459 g/mol. The van der Waals surface area contributed by atoms with Gasteiger partial charge in [-0.15, -0.1) is 0 Å². The van der Waals surface area contributed by atoms with Gasteiger partial charge in [-0.3, -0.25) is 9.59 Å². The number of nitrogens with zero attached hydrogens (tertiary/aromatic N) is 1. The second kappa shape index (κ2) is 9.09. The summed E-state index contributed by atoms with van der Waals surface area (Å²) in [5.74, 6) is 2.04. The first-order valence-corrected chi connectivity index (χ1v) is 11.2. The lowest BCUT2D eigenvalue weighted by atomic mass is 9.76. The molecule has 3 aromatic carbocycles. The predicted molar refractivity (Wildman–Crippen MR) is 128 cm³/mol. The van der Waals surface area contributed by atoms with E-state index in [-0.39, 0.29) is 30.3 Å². The van der Waals surface area contributed by atoms with Crippen LogP contribution in [0.4, 0.5) is 5.69 Å². The van der Waals surface area contributed by atoms with Crippen LogP contribution in [-0.4, -0.2) is 50.6 Å². The van der Waals surface area contributed by atoms with Gasteiger partial charge < -0.3 is 24.4 Å². The summed E-state index contributed by atoms with van der Waals surface area (Å²) in [5, 5.41) is 2.76. The molecule has 0 radical (unpaired) electrons. The maximum atomic E-state index is 13.2. The second-order valence-electron chi connectivity index (χ2n) is 8.52. The first kappa shape index (κ1) is 21.8. The topological polar surface area (TPSA) is 77.1 Å². The number of amides is 2. The van der Waals surface area contributed by atoms with Gasteiger partial charge in [0.15, 0.2) is 18.1 Å². The van der Waals surface area contributed by atoms with Crippen molar-refractivity contribution < 1.29 is 23.8 Å². The number of carbonyl (C=O) groups is 2. The van der Waals surface area contributed by atoms with Crippen molar-refractivity contribution in [1.29, 1.82) is 0 Å². The van der Waals surface area contributed by atoms with Gasteiger partial charge in [0, 0.05) is 30.5 Å². The third kappa shape index (κ3) is 4.05. The summed E-state index contributed by atoms with van der Waals surface area (Å²) in [7, 11) is 3.26. The lowest BCUT2D eigenvalue weighted by Crippen LogP contribution is -2.52. The van der Waals surface area contributed by atoms with Crippen LogP contribution < -0.4 is 19.5 Å². The summed E-state index contributed by atoms with van der Waals surface area (Å²) in [6.45, 7) is 1.25. The number of hydrogen-bond acceptors (Lipinski definition) is 5. The minimum atomic E-state index is -0.221. The largest absolute Gasteiger partial charge is 0.493 e. The van der Waals surface area contributed by atoms with E-state index in [9.17, 15) is 9.59 Å². The Morgan fingerprint density at radius 3 is 2.47 bits per heavy atom. The normalized spacial score (nSPS) is 15.9. The first-order chi connectivity index (χ1) is 16.6. The molecule has 2 heterocycles. The highest BCUT2D eigenvalue weighted by Gasteiger charge is 2.38. The second-order valence-corrected chi connectivity index (χ2v) is 8.52. The van der Waals surface area contributed by atoms with Gasteiger partial charge in [-0.05, 0) is 41.5 Å². The molecule has 1 fully saturated rings. The number of anilines is 1. The molecule has 1 atom stereocenters. The number of carbonyl (C=O) groups excluding carboxylic acids is 2. The molecule has 1 N–H and O–H groups in total. The minimum absolute atomic E-state index is 0.00881. The third-order valence-corrected chi connectivity index (χ3v) is 6.45. The Morgan fingerprint density at radius 2 is 1.74 bits per heavy atom. The van der Waals surface area contributed by atoms with E-state index in [1.165, 1.54) is 5.56 Å². The van der Waals surface area contributed by atoms with E-state index in [2.05, 4.69) is 23.5 Å². The first-order valence-electron chi connectivity index (χ1n) is 11.2. The lowest BCUT2D eigenvalue weighted by Gasteiger charge is -2.44. The monoisotopic (exact) mass is 458 g/mol. The number of ether oxygens (including phenoxy) is 3. The molecule has 7 heteroatoms. The zero-order valence-corrected chi connectivity index (χ0v) is 19.1. The van der Waals surface area contributed by atoms with Crippen LogP contribution in [0, 0.1) is 5.92 Å². The lowest BCUT2D eigenvalue weighted by molar-refractivity contribution is -0.118. The van der Waals surface area contributed by atoms with E-state index in [0.717, 1.165) is 5.56 Å². The Hall–Kier alpha value is -4.00. The van der Waals surface area contributed by atoms with Crippen LogP contribution in [0.3, 0.4) is 0 Å². The van der Waals surface area contributed by atoms with Gasteiger partial charge in [-0.2, -0.15) is 0 Å². The zero-order valence-electron chi connectivity index (χ0n) is 19.1. The summed E-state index contributed by atoms with van der Waals surface area (Å²) in [4.78, 5) is 26.6. The van der Waals surface area contributed by atoms with Crippen LogP contribution in [-0.2, 0) is 4.79 Å². The number of methoxy groups -OCH3 is 2. The molecule has 5 rings (SSSR count). The van der Waals surface area contributed by atoms with Crippen molar-refractivity contribution in [3.63, 3.8) is 0 Å². The van der Waals surface area contributed by atoms with Crippen LogP contribution in [0.2, 0.25) is 0 Å². The molecule has 3 aromatic rings. The van der Waals surface area contributed by atoms with E-state index in [1.54, 1.807) is 32.4 Å². The Morgan fingerprint density at radius 1 is 0.971 bits per heavy atom. The number of rotatable bonds is 6. The van der Waals surface area contributed by atoms with Crippen LogP contribution in [0.25, 0.3) is 0 Å². The highest BCUT2D eigenvalue weighted by molar-refractivity contribution is 6.00. The van der Waals surface area contributed by atoms with E-state index in [1.807, 2.05) is 35.2 Å². The molecule has 2 amide bonds. The standard InChI is InChI=1S/C27H26N2O5/c1-32-23-11-8-18(13-24(23)33-2)26(17-6-4-3-5-7-17)20-14-29(15-20)27(31)19-9-10-22-21(12-19)28-25(30)16-34-22/h3-13,20,26H,14-16H2,1-2H3,(H,28,30). The molecular weight excluding hydrogens is 432 g/mol. The molecule has 0 saturated carbocycles. The van der Waals surface area contributed by atoms with Gasteiger partial charge in [0.2, 0.25) is 0 Å². The van der Waals surface area contributed by atoms with E-state index < -0.39 is 0 Å². The molecule has 2 aliphatic heterocycles. The highest BCUT2D eigenvalue weighted by Crippen LogP contribution is 2.41. The predicted octanol–water partition coefficient (Wildman–Crippen LogP) is 3.94. The Labute approximate surface area is 198 Å². The molecule has 0 spiro atoms. The van der Waals surface area contributed by atoms with Crippen LogP contribution in [0.1, 0.15) is 27.4 Å². The van der Waals surface area contributed by atoms with Gasteiger partial charge >= 0.3 is 0 Å². The van der Waals surface area contributed by atoms with Crippen molar-refractivity contribution in [3.05, 3.63) is 83.4 Å². The number of nitrogens with one attached hydrogen (secondary N) is 1. The molecule has 34 heavy (non-hydrogen) atoms. The molecule has 0 bridgehead atoms. The molecule has 0 aromatic heterocycles. The average Bonchev–Trinajstić information content (AvgIpc) is 2.85. The van der Waals surface area contributed by atoms with Crippen molar-refractivity contribution in [2.75, 3.05) is 39.2 Å². The number of benzene rings is 3. The summed E-state index contributed by atoms with van der Waals surface area (Å²) >= 11 is 0. The van der Waals surface area contributed by atoms with E-state index in [0.29, 0.717) is 41.6 Å². The van der Waals surface area contributed by atoms with Gasteiger partial charge in [-0.25, -0.2) is 0 Å². The fourth-order valence-electron chi connectivity index (χ4n) is 4.73. The number of likely N-dealkylation sites (tertiary alicyclic amines) is 1.